The van der Waals surface area contributed by atoms with Gasteiger partial charge in [0.1, 0.15) is 12.4 Å². The van der Waals surface area contributed by atoms with Crippen LogP contribution in [0.4, 0.5) is 0 Å². The third kappa shape index (κ3) is 6.04. The van der Waals surface area contributed by atoms with Crippen molar-refractivity contribution in [1.82, 2.24) is 5.32 Å². The van der Waals surface area contributed by atoms with Gasteiger partial charge in [-0.1, -0.05) is 32.9 Å². The fraction of sp³-hybridized carbons (Fsp3) is 0.611. The van der Waals surface area contributed by atoms with E-state index < -0.39 is 0 Å². The Kier molecular flexibility index (Phi) is 7.36. The smallest absolute Gasteiger partial charge is 0.223 e. The zero-order valence-electron chi connectivity index (χ0n) is 14.3. The lowest BCUT2D eigenvalue weighted by Gasteiger charge is -2.19. The summed E-state index contributed by atoms with van der Waals surface area (Å²) in [5.41, 5.74) is 7.19. The summed E-state index contributed by atoms with van der Waals surface area (Å²) in [5, 5.41) is 2.94. The third-order valence-electron chi connectivity index (χ3n) is 4.21. The predicted molar refractivity (Wildman–Crippen MR) is 96.2 cm³/mol. The first kappa shape index (κ1) is 19.8. The molecule has 0 spiro atoms. The minimum absolute atomic E-state index is 0. The number of benzene rings is 1. The van der Waals surface area contributed by atoms with Gasteiger partial charge in [0.15, 0.2) is 0 Å². The highest BCUT2D eigenvalue weighted by Crippen LogP contribution is 2.26. The summed E-state index contributed by atoms with van der Waals surface area (Å²) in [4.78, 5) is 12.0. The summed E-state index contributed by atoms with van der Waals surface area (Å²) in [6.07, 6.45) is 2.66. The SMILES string of the molecule is CC(C)(C)c1cccc(OCCNC(=O)C2CCC(N)C2)c1.Cl. The van der Waals surface area contributed by atoms with Crippen molar-refractivity contribution in [3.8, 4) is 5.75 Å². The molecule has 0 aliphatic heterocycles. The van der Waals surface area contributed by atoms with E-state index in [2.05, 4.69) is 38.2 Å². The average Bonchev–Trinajstić information content (AvgIpc) is 2.89. The molecule has 0 bridgehead atoms. The summed E-state index contributed by atoms with van der Waals surface area (Å²) >= 11 is 0. The van der Waals surface area contributed by atoms with E-state index in [0.717, 1.165) is 25.0 Å². The normalized spacial score (nSPS) is 20.7. The van der Waals surface area contributed by atoms with Crippen molar-refractivity contribution < 1.29 is 9.53 Å². The molecule has 0 heterocycles. The molecule has 4 nitrogen and oxygen atoms in total. The molecule has 1 aromatic rings. The standard InChI is InChI=1S/C18H28N2O2.ClH/c1-18(2,3)14-5-4-6-16(12-14)22-10-9-20-17(21)13-7-8-15(19)11-13;/h4-6,12-13,15H,7-11,19H2,1-3H3,(H,20,21);1H. The minimum Gasteiger partial charge on any atom is -0.492 e. The summed E-state index contributed by atoms with van der Waals surface area (Å²) in [6, 6.07) is 8.32. The molecule has 1 aliphatic rings. The first-order chi connectivity index (χ1) is 10.4. The number of halogens is 1. The second-order valence-corrected chi connectivity index (χ2v) is 7.19. The lowest BCUT2D eigenvalue weighted by Crippen LogP contribution is -2.33. The van der Waals surface area contributed by atoms with E-state index in [1.807, 2.05) is 12.1 Å². The first-order valence-corrected chi connectivity index (χ1v) is 8.13. The maximum absolute atomic E-state index is 12.0. The van der Waals surface area contributed by atoms with Gasteiger partial charge in [0.25, 0.3) is 0 Å². The zero-order valence-corrected chi connectivity index (χ0v) is 15.1. The quantitative estimate of drug-likeness (QED) is 0.810. The molecule has 2 rings (SSSR count). The Hall–Kier alpha value is -1.26. The number of nitrogens with two attached hydrogens (primary N) is 1. The van der Waals surface area contributed by atoms with Crippen LogP contribution in [0.5, 0.6) is 5.75 Å². The van der Waals surface area contributed by atoms with Crippen LogP contribution in [0.25, 0.3) is 0 Å². The van der Waals surface area contributed by atoms with Gasteiger partial charge < -0.3 is 15.8 Å². The highest BCUT2D eigenvalue weighted by atomic mass is 35.5. The van der Waals surface area contributed by atoms with Crippen LogP contribution in [-0.2, 0) is 10.2 Å². The number of amides is 1. The molecule has 1 aliphatic carbocycles. The molecule has 23 heavy (non-hydrogen) atoms. The fourth-order valence-corrected chi connectivity index (χ4v) is 2.79. The van der Waals surface area contributed by atoms with Crippen LogP contribution in [0, 0.1) is 5.92 Å². The highest BCUT2D eigenvalue weighted by Gasteiger charge is 2.27. The number of carbonyl (C=O) groups is 1. The molecule has 5 heteroatoms. The molecule has 0 radical (unpaired) electrons. The van der Waals surface area contributed by atoms with Gasteiger partial charge in [-0.15, -0.1) is 12.4 Å². The van der Waals surface area contributed by atoms with Crippen LogP contribution < -0.4 is 15.8 Å². The van der Waals surface area contributed by atoms with Crippen molar-refractivity contribution in [2.75, 3.05) is 13.2 Å². The van der Waals surface area contributed by atoms with Gasteiger partial charge in [0.2, 0.25) is 5.91 Å². The van der Waals surface area contributed by atoms with Crippen molar-refractivity contribution in [2.24, 2.45) is 11.7 Å². The summed E-state index contributed by atoms with van der Waals surface area (Å²) in [6.45, 7) is 7.55. The molecule has 1 aromatic carbocycles. The predicted octanol–water partition coefficient (Wildman–Crippen LogP) is 3.03. The Morgan fingerprint density at radius 1 is 1.35 bits per heavy atom. The fourth-order valence-electron chi connectivity index (χ4n) is 2.79. The van der Waals surface area contributed by atoms with E-state index in [0.29, 0.717) is 13.2 Å². The Morgan fingerprint density at radius 3 is 2.70 bits per heavy atom. The van der Waals surface area contributed by atoms with Gasteiger partial charge in [-0.2, -0.15) is 0 Å². The average molecular weight is 341 g/mol. The molecular weight excluding hydrogens is 312 g/mol. The van der Waals surface area contributed by atoms with E-state index in [9.17, 15) is 4.79 Å². The summed E-state index contributed by atoms with van der Waals surface area (Å²) in [5.74, 6) is 1.05. The zero-order chi connectivity index (χ0) is 16.2. The molecule has 3 N–H and O–H groups in total. The lowest BCUT2D eigenvalue weighted by atomic mass is 9.87. The van der Waals surface area contributed by atoms with Gasteiger partial charge in [-0.05, 0) is 42.4 Å². The van der Waals surface area contributed by atoms with Crippen LogP contribution in [0.1, 0.15) is 45.6 Å². The third-order valence-corrected chi connectivity index (χ3v) is 4.21. The Labute approximate surface area is 145 Å². The molecule has 2 unspecified atom stereocenters. The molecule has 0 aromatic heterocycles. The summed E-state index contributed by atoms with van der Waals surface area (Å²) < 4.78 is 5.74. The second-order valence-electron chi connectivity index (χ2n) is 7.19. The molecule has 1 fully saturated rings. The van der Waals surface area contributed by atoms with E-state index in [1.54, 1.807) is 0 Å². The van der Waals surface area contributed by atoms with Gasteiger partial charge in [0.05, 0.1) is 6.54 Å². The maximum Gasteiger partial charge on any atom is 0.223 e. The minimum atomic E-state index is 0. The van der Waals surface area contributed by atoms with Gasteiger partial charge in [-0.25, -0.2) is 0 Å². The largest absolute Gasteiger partial charge is 0.492 e. The van der Waals surface area contributed by atoms with Crippen molar-refractivity contribution in [2.45, 2.75) is 51.5 Å². The topological polar surface area (TPSA) is 64.3 Å². The number of hydrogen-bond acceptors (Lipinski definition) is 3. The van der Waals surface area contributed by atoms with Gasteiger partial charge in [0, 0.05) is 12.0 Å². The Bertz CT molecular complexity index is 514. The molecular formula is C18H29ClN2O2. The second kappa shape index (κ2) is 8.55. The van der Waals surface area contributed by atoms with Crippen molar-refractivity contribution in [1.29, 1.82) is 0 Å². The van der Waals surface area contributed by atoms with Crippen molar-refractivity contribution in [3.63, 3.8) is 0 Å². The van der Waals surface area contributed by atoms with Gasteiger partial charge >= 0.3 is 0 Å². The highest BCUT2D eigenvalue weighted by molar-refractivity contribution is 5.85. The van der Waals surface area contributed by atoms with Crippen LogP contribution in [0.2, 0.25) is 0 Å². The number of hydrogen-bond donors (Lipinski definition) is 2. The molecule has 2 atom stereocenters. The number of rotatable bonds is 5. The monoisotopic (exact) mass is 340 g/mol. The van der Waals surface area contributed by atoms with E-state index >= 15 is 0 Å². The maximum atomic E-state index is 12.0. The molecule has 0 saturated heterocycles. The van der Waals surface area contributed by atoms with Crippen molar-refractivity contribution in [3.05, 3.63) is 29.8 Å². The van der Waals surface area contributed by atoms with E-state index in [4.69, 9.17) is 10.5 Å². The van der Waals surface area contributed by atoms with Crippen LogP contribution in [-0.4, -0.2) is 25.1 Å². The molecule has 1 saturated carbocycles. The Balaban J connectivity index is 0.00000264. The number of nitrogens with one attached hydrogen (secondary N) is 1. The lowest BCUT2D eigenvalue weighted by molar-refractivity contribution is -0.124. The van der Waals surface area contributed by atoms with Crippen molar-refractivity contribution >= 4 is 18.3 Å². The number of carbonyl (C=O) groups excluding carboxylic acids is 1. The molecule has 130 valence electrons. The van der Waals surface area contributed by atoms with E-state index in [1.165, 1.54) is 5.56 Å². The van der Waals surface area contributed by atoms with Crippen LogP contribution >= 0.6 is 12.4 Å². The molecule has 1 amide bonds. The van der Waals surface area contributed by atoms with Crippen LogP contribution in [0.3, 0.4) is 0 Å². The summed E-state index contributed by atoms with van der Waals surface area (Å²) in [7, 11) is 0. The first-order valence-electron chi connectivity index (χ1n) is 8.13. The van der Waals surface area contributed by atoms with Gasteiger partial charge in [-0.3, -0.25) is 4.79 Å². The number of ether oxygens (including phenoxy) is 1. The Morgan fingerprint density at radius 2 is 2.09 bits per heavy atom. The van der Waals surface area contributed by atoms with E-state index in [-0.39, 0.29) is 35.7 Å². The van der Waals surface area contributed by atoms with Crippen LogP contribution in [0.15, 0.2) is 24.3 Å².